The van der Waals surface area contributed by atoms with E-state index in [1.54, 1.807) is 19.9 Å². The summed E-state index contributed by atoms with van der Waals surface area (Å²) in [5.41, 5.74) is 12.1. The molecule has 8 nitrogen and oxygen atoms in total. The second kappa shape index (κ2) is 5.61. The van der Waals surface area contributed by atoms with Crippen LogP contribution in [0.1, 0.15) is 33.5 Å². The fourth-order valence-electron chi connectivity index (χ4n) is 1.77. The monoisotopic (exact) mass is 289 g/mol. The molecule has 0 saturated carbocycles. The van der Waals surface area contributed by atoms with Gasteiger partial charge in [-0.1, -0.05) is 0 Å². The maximum absolute atomic E-state index is 11.7. The Morgan fingerprint density at radius 2 is 2.10 bits per heavy atom. The Bertz CT molecular complexity index is 708. The van der Waals surface area contributed by atoms with Gasteiger partial charge in [0.25, 0.3) is 0 Å². The van der Waals surface area contributed by atoms with Crippen molar-refractivity contribution in [3.05, 3.63) is 35.3 Å². The Morgan fingerprint density at radius 3 is 2.71 bits per heavy atom. The van der Waals surface area contributed by atoms with E-state index in [1.165, 1.54) is 16.9 Å². The van der Waals surface area contributed by atoms with E-state index in [2.05, 4.69) is 10.1 Å². The van der Waals surface area contributed by atoms with Gasteiger partial charge in [0, 0.05) is 11.3 Å². The number of aryl methyl sites for hydroxylation is 1. The molecule has 2 aromatic heterocycles. The van der Waals surface area contributed by atoms with Crippen LogP contribution in [0.5, 0.6) is 0 Å². The quantitative estimate of drug-likeness (QED) is 0.786. The topological polar surface area (TPSA) is 126 Å². The van der Waals surface area contributed by atoms with Gasteiger partial charge in [-0.3, -0.25) is 4.79 Å². The lowest BCUT2D eigenvalue weighted by atomic mass is 10.2. The molecule has 110 valence electrons. The zero-order valence-electron chi connectivity index (χ0n) is 11.7. The lowest BCUT2D eigenvalue weighted by molar-refractivity contribution is 0.0520. The first-order valence-corrected chi connectivity index (χ1v) is 6.23. The van der Waals surface area contributed by atoms with E-state index in [9.17, 15) is 9.59 Å². The number of nitrogens with two attached hydrogens (primary N) is 2. The molecule has 0 saturated heterocycles. The SMILES string of the molecule is CCOC(=O)c1nn(-c2cc(C(N)=O)cc(C)n2)cc1N. The normalized spacial score (nSPS) is 10.4. The van der Waals surface area contributed by atoms with E-state index in [-0.39, 0.29) is 18.0 Å². The second-order valence-electron chi connectivity index (χ2n) is 4.32. The van der Waals surface area contributed by atoms with Crippen LogP contribution in [0.25, 0.3) is 5.82 Å². The standard InChI is InChI=1S/C13H15N5O3/c1-3-21-13(20)11-9(14)6-18(17-11)10-5-8(12(15)19)4-7(2)16-10/h4-6H,3,14H2,1-2H3,(H2,15,19). The van der Waals surface area contributed by atoms with Gasteiger partial charge in [-0.05, 0) is 26.0 Å². The summed E-state index contributed by atoms with van der Waals surface area (Å²) in [6.45, 7) is 3.63. The summed E-state index contributed by atoms with van der Waals surface area (Å²) in [5.74, 6) is -0.852. The molecule has 0 atom stereocenters. The predicted molar refractivity (Wildman–Crippen MR) is 75.0 cm³/mol. The van der Waals surface area contributed by atoms with Crippen LogP contribution in [-0.4, -0.2) is 33.2 Å². The zero-order chi connectivity index (χ0) is 15.6. The molecular formula is C13H15N5O3. The first-order chi connectivity index (χ1) is 9.92. The first kappa shape index (κ1) is 14.5. The van der Waals surface area contributed by atoms with Crippen molar-refractivity contribution < 1.29 is 14.3 Å². The molecule has 1 amide bonds. The van der Waals surface area contributed by atoms with Crippen LogP contribution in [0, 0.1) is 6.92 Å². The van der Waals surface area contributed by atoms with Gasteiger partial charge < -0.3 is 16.2 Å². The number of nitrogen functional groups attached to an aromatic ring is 1. The number of amides is 1. The number of hydrogen-bond acceptors (Lipinski definition) is 6. The molecule has 0 aliphatic rings. The van der Waals surface area contributed by atoms with Crippen molar-refractivity contribution in [2.45, 2.75) is 13.8 Å². The van der Waals surface area contributed by atoms with Gasteiger partial charge in [-0.25, -0.2) is 14.5 Å². The fraction of sp³-hybridized carbons (Fsp3) is 0.231. The van der Waals surface area contributed by atoms with Crippen molar-refractivity contribution in [3.63, 3.8) is 0 Å². The lowest BCUT2D eigenvalue weighted by Gasteiger charge is -2.04. The summed E-state index contributed by atoms with van der Waals surface area (Å²) in [4.78, 5) is 27.2. The molecule has 2 heterocycles. The lowest BCUT2D eigenvalue weighted by Crippen LogP contribution is -2.13. The van der Waals surface area contributed by atoms with Crippen LogP contribution in [0.4, 0.5) is 5.69 Å². The van der Waals surface area contributed by atoms with E-state index in [0.717, 1.165) is 0 Å². The third-order valence-corrected chi connectivity index (χ3v) is 2.67. The maximum Gasteiger partial charge on any atom is 0.361 e. The highest BCUT2D eigenvalue weighted by Crippen LogP contribution is 2.15. The fourth-order valence-corrected chi connectivity index (χ4v) is 1.77. The molecule has 0 aromatic carbocycles. The van der Waals surface area contributed by atoms with Gasteiger partial charge in [0.05, 0.1) is 18.5 Å². The number of rotatable bonds is 4. The molecule has 0 unspecified atom stereocenters. The van der Waals surface area contributed by atoms with Gasteiger partial charge in [-0.2, -0.15) is 5.10 Å². The number of aromatic nitrogens is 3. The number of anilines is 1. The van der Waals surface area contributed by atoms with E-state index >= 15 is 0 Å². The largest absolute Gasteiger partial charge is 0.461 e. The van der Waals surface area contributed by atoms with Crippen LogP contribution in [-0.2, 0) is 4.74 Å². The Kier molecular flexibility index (Phi) is 3.88. The minimum atomic E-state index is -0.614. The minimum Gasteiger partial charge on any atom is -0.461 e. The van der Waals surface area contributed by atoms with Gasteiger partial charge in [-0.15, -0.1) is 0 Å². The summed E-state index contributed by atoms with van der Waals surface area (Å²) in [6.07, 6.45) is 1.43. The highest BCUT2D eigenvalue weighted by molar-refractivity contribution is 5.94. The van der Waals surface area contributed by atoms with E-state index in [0.29, 0.717) is 17.1 Å². The van der Waals surface area contributed by atoms with Crippen molar-refractivity contribution in [2.75, 3.05) is 12.3 Å². The maximum atomic E-state index is 11.7. The number of pyridine rings is 1. The van der Waals surface area contributed by atoms with Gasteiger partial charge in [0.15, 0.2) is 11.5 Å². The highest BCUT2D eigenvalue weighted by Gasteiger charge is 2.17. The van der Waals surface area contributed by atoms with Gasteiger partial charge >= 0.3 is 5.97 Å². The number of nitrogens with zero attached hydrogens (tertiary/aromatic N) is 3. The van der Waals surface area contributed by atoms with Gasteiger partial charge in [0.2, 0.25) is 5.91 Å². The highest BCUT2D eigenvalue weighted by atomic mass is 16.5. The Morgan fingerprint density at radius 1 is 1.38 bits per heavy atom. The molecule has 2 rings (SSSR count). The van der Waals surface area contributed by atoms with Crippen LogP contribution in [0.2, 0.25) is 0 Å². The summed E-state index contributed by atoms with van der Waals surface area (Å²) >= 11 is 0. The Labute approximate surface area is 120 Å². The van der Waals surface area contributed by atoms with Crippen LogP contribution in [0.3, 0.4) is 0 Å². The van der Waals surface area contributed by atoms with Crippen LogP contribution in [0.15, 0.2) is 18.3 Å². The Balaban J connectivity index is 2.46. The second-order valence-corrected chi connectivity index (χ2v) is 4.32. The molecule has 2 aromatic rings. The summed E-state index contributed by atoms with van der Waals surface area (Å²) in [6, 6.07) is 3.03. The van der Waals surface area contributed by atoms with E-state index in [1.807, 2.05) is 0 Å². The molecule has 0 fully saturated rings. The average Bonchev–Trinajstić information content (AvgIpc) is 2.80. The van der Waals surface area contributed by atoms with Crippen molar-refractivity contribution in [2.24, 2.45) is 5.73 Å². The van der Waals surface area contributed by atoms with Crippen molar-refractivity contribution in [1.29, 1.82) is 0 Å². The first-order valence-electron chi connectivity index (χ1n) is 6.23. The molecule has 4 N–H and O–H groups in total. The molecule has 0 spiro atoms. The molecule has 0 aliphatic heterocycles. The van der Waals surface area contributed by atoms with Crippen LogP contribution >= 0.6 is 0 Å². The van der Waals surface area contributed by atoms with Crippen LogP contribution < -0.4 is 11.5 Å². The molecule has 0 radical (unpaired) electrons. The number of carbonyl (C=O) groups excluding carboxylic acids is 2. The number of esters is 1. The van der Waals surface area contributed by atoms with E-state index in [4.69, 9.17) is 16.2 Å². The summed E-state index contributed by atoms with van der Waals surface area (Å²) < 4.78 is 6.16. The van der Waals surface area contributed by atoms with Crippen molar-refractivity contribution in [1.82, 2.24) is 14.8 Å². The number of carbonyl (C=O) groups is 2. The molecule has 21 heavy (non-hydrogen) atoms. The smallest absolute Gasteiger partial charge is 0.361 e. The number of primary amides is 1. The molecule has 8 heteroatoms. The van der Waals surface area contributed by atoms with Crippen molar-refractivity contribution >= 4 is 17.6 Å². The summed E-state index contributed by atoms with van der Waals surface area (Å²) in [7, 11) is 0. The van der Waals surface area contributed by atoms with E-state index < -0.39 is 11.9 Å². The van der Waals surface area contributed by atoms with Crippen molar-refractivity contribution in [3.8, 4) is 5.82 Å². The third-order valence-electron chi connectivity index (χ3n) is 2.67. The number of hydrogen-bond donors (Lipinski definition) is 2. The zero-order valence-corrected chi connectivity index (χ0v) is 11.7. The summed E-state index contributed by atoms with van der Waals surface area (Å²) in [5, 5.41) is 4.04. The van der Waals surface area contributed by atoms with Gasteiger partial charge in [0.1, 0.15) is 0 Å². The third kappa shape index (κ3) is 2.99. The molecule has 0 bridgehead atoms. The molecular weight excluding hydrogens is 274 g/mol. The minimum absolute atomic E-state index is 0.000723. The molecule has 0 aliphatic carbocycles. The average molecular weight is 289 g/mol. The predicted octanol–water partition coefficient (Wildman–Crippen LogP) is 0.434. The Hall–Kier alpha value is -2.90. The number of ether oxygens (including phenoxy) is 1.